The van der Waals surface area contributed by atoms with Crippen molar-refractivity contribution >= 4 is 22.4 Å². The molecule has 234 valence electrons. The Labute approximate surface area is 264 Å². The number of fused-ring (bicyclic) bond motifs is 1. The zero-order chi connectivity index (χ0) is 32.3. The zero-order valence-electron chi connectivity index (χ0n) is 24.9. The summed E-state index contributed by atoms with van der Waals surface area (Å²) in [6, 6.07) is 23.1. The van der Waals surface area contributed by atoms with Crippen molar-refractivity contribution in [3.8, 4) is 6.07 Å². The molecule has 2 N–H and O–H groups in total. The van der Waals surface area contributed by atoms with Gasteiger partial charge in [0.25, 0.3) is 5.91 Å². The summed E-state index contributed by atoms with van der Waals surface area (Å²) < 4.78 is 42.2. The van der Waals surface area contributed by atoms with E-state index in [1.54, 1.807) is 30.3 Å². The molecule has 5 aromatic rings. The number of halogens is 2. The van der Waals surface area contributed by atoms with Gasteiger partial charge < -0.3 is 19.9 Å². The summed E-state index contributed by atoms with van der Waals surface area (Å²) >= 11 is 0. The molecule has 0 bridgehead atoms. The van der Waals surface area contributed by atoms with Crippen LogP contribution < -0.4 is 5.32 Å². The molecule has 0 radical (unpaired) electrons. The Morgan fingerprint density at radius 2 is 1.80 bits per heavy atom. The average molecular weight is 624 g/mol. The molecule has 0 spiro atoms. The topological polar surface area (TPSA) is 122 Å². The Morgan fingerprint density at radius 3 is 2.50 bits per heavy atom. The Morgan fingerprint density at radius 1 is 1.07 bits per heavy atom. The lowest BCUT2D eigenvalue weighted by atomic mass is 9.77. The van der Waals surface area contributed by atoms with Crippen LogP contribution in [0.5, 0.6) is 0 Å². The van der Waals surface area contributed by atoms with Crippen LogP contribution in [0.1, 0.15) is 46.7 Å². The van der Waals surface area contributed by atoms with Gasteiger partial charge in [-0.15, -0.1) is 0 Å². The molecule has 0 aliphatic carbocycles. The third-order valence-corrected chi connectivity index (χ3v) is 8.41. The standard InChI is InChI=1S/C35H31F2N5O4/c1-22(35(44,19-42-21-39-20-40-42)31-11-8-29(36)15-32(31)37)12-24-17-45-34(46-18-24)28-7-5-25-13-27(6-4-26(25)14-28)33(43)41-30-9-2-23(16-38)3-10-30/h2-11,13-15,20-22,24,34,44H,12,17-19H2,1H3,(H,41,43). The molecule has 1 aliphatic rings. The second kappa shape index (κ2) is 13.1. The van der Waals surface area contributed by atoms with Gasteiger partial charge in [0.15, 0.2) is 6.29 Å². The van der Waals surface area contributed by atoms with Crippen LogP contribution in [0.3, 0.4) is 0 Å². The van der Waals surface area contributed by atoms with Gasteiger partial charge in [-0.05, 0) is 71.6 Å². The maximum absolute atomic E-state index is 14.9. The van der Waals surface area contributed by atoms with Crippen molar-refractivity contribution < 1.29 is 28.2 Å². The number of carbonyl (C=O) groups is 1. The fraction of sp³-hybridized carbons (Fsp3) is 0.257. The van der Waals surface area contributed by atoms with E-state index in [1.807, 2.05) is 37.3 Å². The number of aromatic nitrogens is 3. The van der Waals surface area contributed by atoms with Gasteiger partial charge in [-0.2, -0.15) is 10.4 Å². The smallest absolute Gasteiger partial charge is 0.255 e. The lowest BCUT2D eigenvalue weighted by Crippen LogP contribution is -2.41. The first-order valence-electron chi connectivity index (χ1n) is 14.8. The first kappa shape index (κ1) is 31.0. The van der Waals surface area contributed by atoms with Gasteiger partial charge in [-0.3, -0.25) is 4.79 Å². The highest BCUT2D eigenvalue weighted by atomic mass is 19.1. The van der Waals surface area contributed by atoms with E-state index in [-0.39, 0.29) is 23.9 Å². The summed E-state index contributed by atoms with van der Waals surface area (Å²) in [6.07, 6.45) is 2.61. The second-order valence-corrected chi connectivity index (χ2v) is 11.6. The van der Waals surface area contributed by atoms with Crippen LogP contribution in [0, 0.1) is 34.8 Å². The first-order chi connectivity index (χ1) is 22.2. The summed E-state index contributed by atoms with van der Waals surface area (Å²) in [5.41, 5.74) is 0.722. The van der Waals surface area contributed by atoms with Gasteiger partial charge in [-0.1, -0.05) is 31.2 Å². The predicted molar refractivity (Wildman–Crippen MR) is 165 cm³/mol. The largest absolute Gasteiger partial charge is 0.383 e. The fourth-order valence-electron chi connectivity index (χ4n) is 5.86. The van der Waals surface area contributed by atoms with E-state index in [1.165, 1.54) is 23.4 Å². The molecule has 2 atom stereocenters. The molecule has 0 saturated carbocycles. The lowest BCUT2D eigenvalue weighted by Gasteiger charge is -2.38. The van der Waals surface area contributed by atoms with Crippen molar-refractivity contribution in [2.45, 2.75) is 31.8 Å². The van der Waals surface area contributed by atoms with Crippen molar-refractivity contribution in [2.24, 2.45) is 11.8 Å². The van der Waals surface area contributed by atoms with E-state index in [0.717, 1.165) is 28.5 Å². The number of amides is 1. The monoisotopic (exact) mass is 623 g/mol. The fourth-order valence-corrected chi connectivity index (χ4v) is 5.86. The third-order valence-electron chi connectivity index (χ3n) is 8.41. The van der Waals surface area contributed by atoms with Crippen molar-refractivity contribution in [3.05, 3.63) is 125 Å². The minimum absolute atomic E-state index is 0.0153. The molecule has 2 unspecified atom stereocenters. The van der Waals surface area contributed by atoms with Gasteiger partial charge in [0.2, 0.25) is 0 Å². The highest BCUT2D eigenvalue weighted by molar-refractivity contribution is 6.06. The number of benzene rings is 4. The minimum Gasteiger partial charge on any atom is -0.383 e. The molecular weight excluding hydrogens is 592 g/mol. The number of nitrogens with zero attached hydrogens (tertiary/aromatic N) is 4. The highest BCUT2D eigenvalue weighted by Gasteiger charge is 2.40. The van der Waals surface area contributed by atoms with Gasteiger partial charge in [0, 0.05) is 34.4 Å². The average Bonchev–Trinajstić information content (AvgIpc) is 3.57. The Bertz CT molecular complexity index is 1890. The van der Waals surface area contributed by atoms with Gasteiger partial charge in [0.1, 0.15) is 29.9 Å². The maximum atomic E-state index is 14.9. The van der Waals surface area contributed by atoms with E-state index in [4.69, 9.17) is 14.7 Å². The van der Waals surface area contributed by atoms with Gasteiger partial charge >= 0.3 is 0 Å². The molecule has 1 saturated heterocycles. The molecule has 2 heterocycles. The Balaban J connectivity index is 1.10. The number of ether oxygens (including phenoxy) is 2. The van der Waals surface area contributed by atoms with Crippen LogP contribution in [-0.2, 0) is 21.6 Å². The summed E-state index contributed by atoms with van der Waals surface area (Å²) in [4.78, 5) is 16.7. The summed E-state index contributed by atoms with van der Waals surface area (Å²) in [6.45, 7) is 2.46. The molecule has 46 heavy (non-hydrogen) atoms. The number of nitriles is 1. The second-order valence-electron chi connectivity index (χ2n) is 11.6. The Kier molecular flexibility index (Phi) is 8.85. The molecular formula is C35H31F2N5O4. The SMILES string of the molecule is CC(CC1COC(c2ccc3cc(C(=O)Nc4ccc(C#N)cc4)ccc3c2)OC1)C(O)(Cn1cncn1)c1ccc(F)cc1F. The minimum atomic E-state index is -1.70. The van der Waals surface area contributed by atoms with E-state index in [2.05, 4.69) is 21.5 Å². The number of carbonyl (C=O) groups excluding carboxylic acids is 1. The first-order valence-corrected chi connectivity index (χ1v) is 14.8. The number of nitrogens with one attached hydrogen (secondary N) is 1. The third kappa shape index (κ3) is 6.65. The van der Waals surface area contributed by atoms with Gasteiger partial charge in [-0.25, -0.2) is 18.4 Å². The van der Waals surface area contributed by atoms with Crippen molar-refractivity contribution in [1.82, 2.24) is 14.8 Å². The number of hydrogen-bond donors (Lipinski definition) is 2. The van der Waals surface area contributed by atoms with Crippen molar-refractivity contribution in [1.29, 1.82) is 5.26 Å². The summed E-state index contributed by atoms with van der Waals surface area (Å²) in [5, 5.41) is 29.5. The van der Waals surface area contributed by atoms with E-state index in [0.29, 0.717) is 36.4 Å². The van der Waals surface area contributed by atoms with Crippen LogP contribution >= 0.6 is 0 Å². The molecule has 11 heteroatoms. The summed E-state index contributed by atoms with van der Waals surface area (Å²) in [5.74, 6) is -2.38. The molecule has 1 fully saturated rings. The normalized spacial score (nSPS) is 18.4. The van der Waals surface area contributed by atoms with Crippen molar-refractivity contribution in [2.75, 3.05) is 18.5 Å². The lowest BCUT2D eigenvalue weighted by molar-refractivity contribution is -0.210. The number of rotatable bonds is 9. The van der Waals surface area contributed by atoms with Crippen LogP contribution in [0.2, 0.25) is 0 Å². The quantitative estimate of drug-likeness (QED) is 0.203. The Hall–Kier alpha value is -5.02. The molecule has 1 amide bonds. The van der Waals surface area contributed by atoms with E-state index < -0.39 is 29.4 Å². The van der Waals surface area contributed by atoms with Crippen LogP contribution in [0.4, 0.5) is 14.5 Å². The van der Waals surface area contributed by atoms with Crippen LogP contribution in [-0.4, -0.2) is 39.0 Å². The summed E-state index contributed by atoms with van der Waals surface area (Å²) in [7, 11) is 0. The molecule has 6 rings (SSSR count). The molecule has 1 aliphatic heterocycles. The highest BCUT2D eigenvalue weighted by Crippen LogP contribution is 2.39. The maximum Gasteiger partial charge on any atom is 0.255 e. The predicted octanol–water partition coefficient (Wildman–Crippen LogP) is 6.11. The van der Waals surface area contributed by atoms with Crippen LogP contribution in [0.15, 0.2) is 91.5 Å². The number of hydrogen-bond acceptors (Lipinski definition) is 7. The zero-order valence-corrected chi connectivity index (χ0v) is 24.9. The van der Waals surface area contributed by atoms with Gasteiger partial charge in [0.05, 0.1) is 31.4 Å². The van der Waals surface area contributed by atoms with Crippen molar-refractivity contribution in [3.63, 3.8) is 0 Å². The molecule has 1 aromatic heterocycles. The van der Waals surface area contributed by atoms with E-state index in [9.17, 15) is 18.7 Å². The number of aliphatic hydroxyl groups is 1. The molecule has 4 aromatic carbocycles. The van der Waals surface area contributed by atoms with E-state index >= 15 is 0 Å². The number of anilines is 1. The van der Waals surface area contributed by atoms with Crippen LogP contribution in [0.25, 0.3) is 10.8 Å². The molecule has 9 nitrogen and oxygen atoms in total.